The zero-order valence-corrected chi connectivity index (χ0v) is 12.2. The predicted molar refractivity (Wildman–Crippen MR) is 75.1 cm³/mol. The van der Waals surface area contributed by atoms with E-state index in [9.17, 15) is 0 Å². The minimum atomic E-state index is 0.575. The number of nitrogens with zero attached hydrogens (tertiary/aromatic N) is 4. The quantitative estimate of drug-likeness (QED) is 0.691. The third-order valence-corrected chi connectivity index (χ3v) is 4.53. The Morgan fingerprint density at radius 1 is 1.42 bits per heavy atom. The third kappa shape index (κ3) is 2.57. The molecule has 19 heavy (non-hydrogen) atoms. The highest BCUT2D eigenvalue weighted by atomic mass is 32.2. The molecule has 0 bridgehead atoms. The lowest BCUT2D eigenvalue weighted by molar-refractivity contribution is 0.466. The second kappa shape index (κ2) is 5.18. The Hall–Kier alpha value is -1.60. The fourth-order valence-electron chi connectivity index (χ4n) is 1.61. The van der Waals surface area contributed by atoms with Crippen molar-refractivity contribution in [3.63, 3.8) is 0 Å². The van der Waals surface area contributed by atoms with Crippen molar-refractivity contribution < 1.29 is 4.42 Å². The van der Waals surface area contributed by atoms with E-state index in [0.29, 0.717) is 16.9 Å². The van der Waals surface area contributed by atoms with Crippen LogP contribution in [-0.4, -0.2) is 19.7 Å². The maximum absolute atomic E-state index is 5.66. The van der Waals surface area contributed by atoms with Gasteiger partial charge < -0.3 is 8.98 Å². The highest BCUT2D eigenvalue weighted by molar-refractivity contribution is 7.98. The summed E-state index contributed by atoms with van der Waals surface area (Å²) in [6.07, 6.45) is 3.70. The van der Waals surface area contributed by atoms with E-state index in [1.165, 1.54) is 11.8 Å². The number of thiophene rings is 1. The Bertz CT molecular complexity index is 685. The Morgan fingerprint density at radius 3 is 3.00 bits per heavy atom. The van der Waals surface area contributed by atoms with Gasteiger partial charge in [0.15, 0.2) is 0 Å². The molecule has 0 amide bonds. The summed E-state index contributed by atoms with van der Waals surface area (Å²) in [5.41, 5.74) is 1.16. The average Bonchev–Trinajstić information content (AvgIpc) is 3.08. The molecule has 3 heterocycles. The van der Waals surface area contributed by atoms with Crippen molar-refractivity contribution >= 4 is 23.1 Å². The van der Waals surface area contributed by atoms with Crippen molar-refractivity contribution in [1.82, 2.24) is 19.7 Å². The SMILES string of the molecule is Cc1ccsc1-c1nnc(SCc2nccn2C)o1. The first-order valence-electron chi connectivity index (χ1n) is 5.71. The second-order valence-electron chi connectivity index (χ2n) is 4.05. The van der Waals surface area contributed by atoms with Gasteiger partial charge in [-0.2, -0.15) is 0 Å². The first kappa shape index (κ1) is 12.4. The molecular formula is C12H12N4OS2. The van der Waals surface area contributed by atoms with E-state index >= 15 is 0 Å². The van der Waals surface area contributed by atoms with Gasteiger partial charge in [-0.1, -0.05) is 11.8 Å². The molecular weight excluding hydrogens is 280 g/mol. The molecule has 0 atom stereocenters. The minimum Gasteiger partial charge on any atom is -0.410 e. The van der Waals surface area contributed by atoms with Gasteiger partial charge in [-0.25, -0.2) is 4.98 Å². The molecule has 0 spiro atoms. The molecule has 0 radical (unpaired) electrons. The second-order valence-corrected chi connectivity index (χ2v) is 5.89. The molecule has 3 aromatic heterocycles. The summed E-state index contributed by atoms with van der Waals surface area (Å²) in [7, 11) is 1.97. The van der Waals surface area contributed by atoms with E-state index in [4.69, 9.17) is 4.42 Å². The van der Waals surface area contributed by atoms with Crippen molar-refractivity contribution in [3.8, 4) is 10.8 Å². The Labute approximate surface area is 118 Å². The van der Waals surface area contributed by atoms with E-state index < -0.39 is 0 Å². The van der Waals surface area contributed by atoms with Gasteiger partial charge >= 0.3 is 0 Å². The Balaban J connectivity index is 1.72. The molecule has 98 valence electrons. The summed E-state index contributed by atoms with van der Waals surface area (Å²) in [4.78, 5) is 5.29. The van der Waals surface area contributed by atoms with Crippen LogP contribution >= 0.6 is 23.1 Å². The maximum atomic E-state index is 5.66. The van der Waals surface area contributed by atoms with Crippen LogP contribution in [0.3, 0.4) is 0 Å². The smallest absolute Gasteiger partial charge is 0.277 e. The van der Waals surface area contributed by atoms with Gasteiger partial charge in [-0.15, -0.1) is 21.5 Å². The van der Waals surface area contributed by atoms with Crippen molar-refractivity contribution in [2.75, 3.05) is 0 Å². The lowest BCUT2D eigenvalue weighted by Crippen LogP contribution is -1.94. The number of hydrogen-bond acceptors (Lipinski definition) is 6. The van der Waals surface area contributed by atoms with E-state index in [1.807, 2.05) is 36.2 Å². The van der Waals surface area contributed by atoms with E-state index in [0.717, 1.165) is 16.3 Å². The van der Waals surface area contributed by atoms with Crippen LogP contribution < -0.4 is 0 Å². The van der Waals surface area contributed by atoms with E-state index in [-0.39, 0.29) is 0 Å². The number of thioether (sulfide) groups is 1. The molecule has 0 aliphatic rings. The van der Waals surface area contributed by atoms with Gasteiger partial charge in [0.1, 0.15) is 5.82 Å². The molecule has 0 aliphatic carbocycles. The summed E-state index contributed by atoms with van der Waals surface area (Å²) in [5.74, 6) is 2.29. The molecule has 3 aromatic rings. The average molecular weight is 292 g/mol. The molecule has 3 rings (SSSR count). The Morgan fingerprint density at radius 2 is 2.32 bits per heavy atom. The zero-order chi connectivity index (χ0) is 13.2. The van der Waals surface area contributed by atoms with Crippen LogP contribution in [-0.2, 0) is 12.8 Å². The van der Waals surface area contributed by atoms with Gasteiger partial charge in [0, 0.05) is 19.4 Å². The number of rotatable bonds is 4. The number of imidazole rings is 1. The van der Waals surface area contributed by atoms with Crippen LogP contribution in [0.25, 0.3) is 10.8 Å². The van der Waals surface area contributed by atoms with Gasteiger partial charge in [0.05, 0.1) is 10.6 Å². The fraction of sp³-hybridized carbons (Fsp3) is 0.250. The molecule has 0 aromatic carbocycles. The predicted octanol–water partition coefficient (Wildman–Crippen LogP) is 3.13. The van der Waals surface area contributed by atoms with Crippen molar-refractivity contribution in [1.29, 1.82) is 0 Å². The normalized spacial score (nSPS) is 11.1. The van der Waals surface area contributed by atoms with Crippen LogP contribution in [0.4, 0.5) is 0 Å². The van der Waals surface area contributed by atoms with Crippen LogP contribution in [0.2, 0.25) is 0 Å². The van der Waals surface area contributed by atoms with Gasteiger partial charge in [0.2, 0.25) is 0 Å². The highest BCUT2D eigenvalue weighted by Crippen LogP contribution is 2.30. The molecule has 0 aliphatic heterocycles. The Kier molecular flexibility index (Phi) is 3.39. The largest absolute Gasteiger partial charge is 0.410 e. The molecule has 0 fully saturated rings. The topological polar surface area (TPSA) is 56.7 Å². The summed E-state index contributed by atoms with van der Waals surface area (Å²) >= 11 is 3.11. The molecule has 7 heteroatoms. The van der Waals surface area contributed by atoms with E-state index in [1.54, 1.807) is 17.5 Å². The van der Waals surface area contributed by atoms with Crippen molar-refractivity contribution in [2.24, 2.45) is 7.05 Å². The van der Waals surface area contributed by atoms with Crippen LogP contribution in [0.15, 0.2) is 33.5 Å². The van der Waals surface area contributed by atoms with Crippen LogP contribution in [0.5, 0.6) is 0 Å². The molecule has 0 saturated carbocycles. The first-order valence-corrected chi connectivity index (χ1v) is 7.57. The summed E-state index contributed by atoms with van der Waals surface area (Å²) < 4.78 is 7.64. The van der Waals surface area contributed by atoms with Gasteiger partial charge in [-0.05, 0) is 23.9 Å². The van der Waals surface area contributed by atoms with Gasteiger partial charge in [0.25, 0.3) is 11.1 Å². The molecule has 0 saturated heterocycles. The van der Waals surface area contributed by atoms with Gasteiger partial charge in [-0.3, -0.25) is 0 Å². The molecule has 5 nitrogen and oxygen atoms in total. The van der Waals surface area contributed by atoms with Crippen LogP contribution in [0.1, 0.15) is 11.4 Å². The molecule has 0 unspecified atom stereocenters. The zero-order valence-electron chi connectivity index (χ0n) is 10.5. The minimum absolute atomic E-state index is 0.575. The number of aryl methyl sites for hydroxylation is 2. The molecule has 0 N–H and O–H groups in total. The number of aromatic nitrogens is 4. The van der Waals surface area contributed by atoms with Crippen molar-refractivity contribution in [2.45, 2.75) is 17.9 Å². The van der Waals surface area contributed by atoms with E-state index in [2.05, 4.69) is 15.2 Å². The van der Waals surface area contributed by atoms with Crippen LogP contribution in [0, 0.1) is 6.92 Å². The lowest BCUT2D eigenvalue weighted by atomic mass is 10.3. The summed E-state index contributed by atoms with van der Waals surface area (Å²) in [6.45, 7) is 2.04. The monoisotopic (exact) mass is 292 g/mol. The third-order valence-electron chi connectivity index (χ3n) is 2.71. The lowest BCUT2D eigenvalue weighted by Gasteiger charge is -1.97. The number of hydrogen-bond donors (Lipinski definition) is 0. The highest BCUT2D eigenvalue weighted by Gasteiger charge is 2.13. The first-order chi connectivity index (χ1) is 9.24. The van der Waals surface area contributed by atoms with Crippen molar-refractivity contribution in [3.05, 3.63) is 35.2 Å². The summed E-state index contributed by atoms with van der Waals surface area (Å²) in [6, 6.07) is 2.05. The summed E-state index contributed by atoms with van der Waals surface area (Å²) in [5, 5.41) is 10.7. The standard InChI is InChI=1S/C12H12N4OS2/c1-8-3-6-18-10(8)11-14-15-12(17-11)19-7-9-13-4-5-16(9)2/h3-6H,7H2,1-2H3. The fourth-order valence-corrected chi connectivity index (χ4v) is 3.23. The maximum Gasteiger partial charge on any atom is 0.277 e.